The molecular formula is C11H9N7S. The molecule has 0 saturated heterocycles. The Morgan fingerprint density at radius 3 is 2.89 bits per heavy atom. The number of aryl methyl sites for hydroxylation is 2. The van der Waals surface area contributed by atoms with Crippen LogP contribution in [-0.4, -0.2) is 25.0 Å². The van der Waals surface area contributed by atoms with Gasteiger partial charge in [-0.15, -0.1) is 5.10 Å². The molecule has 3 rings (SSSR count). The number of anilines is 1. The van der Waals surface area contributed by atoms with Crippen molar-refractivity contribution in [3.63, 3.8) is 0 Å². The molecule has 0 aliphatic rings. The molecule has 0 unspecified atom stereocenters. The van der Waals surface area contributed by atoms with Crippen molar-refractivity contribution in [1.29, 1.82) is 5.26 Å². The zero-order chi connectivity index (χ0) is 13.6. The molecular weight excluding hydrogens is 262 g/mol. The molecule has 0 aliphatic carbocycles. The molecule has 0 amide bonds. The van der Waals surface area contributed by atoms with Gasteiger partial charge in [-0.05, 0) is 6.92 Å². The second-order valence-electron chi connectivity index (χ2n) is 4.01. The van der Waals surface area contributed by atoms with Gasteiger partial charge in [-0.25, -0.2) is 9.67 Å². The second-order valence-corrected chi connectivity index (χ2v) is 5.04. The van der Waals surface area contributed by atoms with E-state index in [1.54, 1.807) is 17.9 Å². The lowest BCUT2D eigenvalue weighted by molar-refractivity contribution is 0.718. The third kappa shape index (κ3) is 1.63. The Hall–Kier alpha value is -2.53. The average molecular weight is 271 g/mol. The summed E-state index contributed by atoms with van der Waals surface area (Å²) < 4.78 is 2.35. The van der Waals surface area contributed by atoms with Crippen molar-refractivity contribution in [2.75, 3.05) is 5.73 Å². The number of nitriles is 1. The van der Waals surface area contributed by atoms with Gasteiger partial charge in [0.1, 0.15) is 23.0 Å². The maximum Gasteiger partial charge on any atom is 0.181 e. The Balaban J connectivity index is 2.40. The van der Waals surface area contributed by atoms with E-state index in [1.807, 2.05) is 6.92 Å². The number of hydrogen-bond acceptors (Lipinski definition) is 7. The molecule has 0 bridgehead atoms. The minimum Gasteiger partial charge on any atom is -0.375 e. The first-order valence-electron chi connectivity index (χ1n) is 5.43. The van der Waals surface area contributed by atoms with E-state index in [2.05, 4.69) is 26.3 Å². The Morgan fingerprint density at radius 1 is 1.47 bits per heavy atom. The monoisotopic (exact) mass is 271 g/mol. The molecule has 0 spiro atoms. The highest BCUT2D eigenvalue weighted by molar-refractivity contribution is 7.22. The highest BCUT2D eigenvalue weighted by Crippen LogP contribution is 2.32. The molecule has 7 nitrogen and oxygen atoms in total. The van der Waals surface area contributed by atoms with Gasteiger partial charge in [0.05, 0.1) is 22.2 Å². The Labute approximate surface area is 112 Å². The van der Waals surface area contributed by atoms with Crippen LogP contribution in [0.5, 0.6) is 0 Å². The first-order chi connectivity index (χ1) is 9.11. The summed E-state index contributed by atoms with van der Waals surface area (Å²) in [5.41, 5.74) is 8.79. The number of fused-ring (bicyclic) bond motifs is 1. The lowest BCUT2D eigenvalue weighted by Gasteiger charge is -2.04. The van der Waals surface area contributed by atoms with E-state index in [1.165, 1.54) is 11.3 Å². The molecule has 8 heteroatoms. The summed E-state index contributed by atoms with van der Waals surface area (Å²) in [6.45, 7) is 1.83. The van der Waals surface area contributed by atoms with Crippen molar-refractivity contribution in [2.45, 2.75) is 6.92 Å². The van der Waals surface area contributed by atoms with Gasteiger partial charge in [-0.2, -0.15) is 5.26 Å². The summed E-state index contributed by atoms with van der Waals surface area (Å²) in [5, 5.41) is 17.7. The van der Waals surface area contributed by atoms with Gasteiger partial charge >= 0.3 is 0 Å². The summed E-state index contributed by atoms with van der Waals surface area (Å²) in [6, 6.07) is 2.18. The highest BCUT2D eigenvalue weighted by atomic mass is 32.1. The highest BCUT2D eigenvalue weighted by Gasteiger charge is 2.19. The van der Waals surface area contributed by atoms with E-state index in [0.29, 0.717) is 21.9 Å². The molecule has 0 fully saturated rings. The van der Waals surface area contributed by atoms with Crippen LogP contribution in [0, 0.1) is 18.3 Å². The second kappa shape index (κ2) is 4.00. The molecule has 0 atom stereocenters. The van der Waals surface area contributed by atoms with Gasteiger partial charge in [-0.3, -0.25) is 4.98 Å². The molecule has 3 aromatic heterocycles. The number of nitrogen functional groups attached to an aromatic ring is 1. The fourth-order valence-electron chi connectivity index (χ4n) is 1.98. The zero-order valence-electron chi connectivity index (χ0n) is 10.2. The Kier molecular flexibility index (Phi) is 2.43. The van der Waals surface area contributed by atoms with E-state index in [4.69, 9.17) is 5.73 Å². The largest absolute Gasteiger partial charge is 0.375 e. The number of pyridine rings is 1. The predicted molar refractivity (Wildman–Crippen MR) is 71.3 cm³/mol. The van der Waals surface area contributed by atoms with Crippen molar-refractivity contribution >= 4 is 26.7 Å². The van der Waals surface area contributed by atoms with E-state index < -0.39 is 0 Å². The summed E-state index contributed by atoms with van der Waals surface area (Å²) in [4.78, 5) is 8.45. The molecule has 0 aliphatic heterocycles. The first-order valence-corrected chi connectivity index (χ1v) is 6.25. The van der Waals surface area contributed by atoms with E-state index >= 15 is 0 Å². The summed E-state index contributed by atoms with van der Waals surface area (Å²) in [5.74, 6) is 0. The van der Waals surface area contributed by atoms with Crippen LogP contribution in [0.25, 0.3) is 21.6 Å². The number of thiazole rings is 1. The lowest BCUT2D eigenvalue weighted by atomic mass is 10.1. The van der Waals surface area contributed by atoms with Gasteiger partial charge in [0, 0.05) is 7.05 Å². The maximum absolute atomic E-state index is 9.40. The average Bonchev–Trinajstić information content (AvgIpc) is 2.90. The topological polar surface area (TPSA) is 106 Å². The van der Waals surface area contributed by atoms with Crippen LogP contribution in [0.15, 0.2) is 6.20 Å². The smallest absolute Gasteiger partial charge is 0.181 e. The van der Waals surface area contributed by atoms with Gasteiger partial charge in [0.2, 0.25) is 0 Å². The molecule has 0 saturated carbocycles. The van der Waals surface area contributed by atoms with Crippen LogP contribution in [-0.2, 0) is 7.05 Å². The van der Waals surface area contributed by atoms with Crippen LogP contribution < -0.4 is 5.73 Å². The number of hydrogen-bond donors (Lipinski definition) is 1. The van der Waals surface area contributed by atoms with Crippen molar-refractivity contribution in [1.82, 2.24) is 25.0 Å². The molecule has 19 heavy (non-hydrogen) atoms. The van der Waals surface area contributed by atoms with Crippen molar-refractivity contribution in [3.05, 3.63) is 17.5 Å². The van der Waals surface area contributed by atoms with Crippen LogP contribution in [0.4, 0.5) is 5.13 Å². The number of nitrogens with zero attached hydrogens (tertiary/aromatic N) is 6. The molecule has 94 valence electrons. The number of nitrogens with two attached hydrogens (primary N) is 1. The van der Waals surface area contributed by atoms with Crippen molar-refractivity contribution < 1.29 is 0 Å². The van der Waals surface area contributed by atoms with Crippen molar-refractivity contribution in [2.24, 2.45) is 7.05 Å². The van der Waals surface area contributed by atoms with Crippen LogP contribution in [0.2, 0.25) is 0 Å². The molecule has 0 aromatic carbocycles. The standard InChI is InChI=1S/C11H9N7S/c1-5-9(18(2)17-16-5)8-6(3-12)10-7(4-14-8)15-11(13)19-10/h4H,1-2H3,(H2,13,15). The van der Waals surface area contributed by atoms with Gasteiger partial charge < -0.3 is 5.73 Å². The Morgan fingerprint density at radius 2 is 2.26 bits per heavy atom. The normalized spacial score (nSPS) is 10.8. The summed E-state index contributed by atoms with van der Waals surface area (Å²) in [7, 11) is 1.77. The predicted octanol–water partition coefficient (Wildman–Crippen LogP) is 1.25. The van der Waals surface area contributed by atoms with Crippen molar-refractivity contribution in [3.8, 4) is 17.5 Å². The number of rotatable bonds is 1. The Bertz CT molecular complexity index is 804. The zero-order valence-corrected chi connectivity index (χ0v) is 11.1. The third-order valence-corrected chi connectivity index (χ3v) is 3.70. The minimum absolute atomic E-state index is 0.422. The minimum atomic E-state index is 0.422. The summed E-state index contributed by atoms with van der Waals surface area (Å²) >= 11 is 1.28. The fraction of sp³-hybridized carbons (Fsp3) is 0.182. The van der Waals surface area contributed by atoms with Crippen LogP contribution in [0.1, 0.15) is 11.3 Å². The van der Waals surface area contributed by atoms with E-state index in [9.17, 15) is 5.26 Å². The molecule has 2 N–H and O–H groups in total. The number of aromatic nitrogens is 5. The van der Waals surface area contributed by atoms with Crippen LogP contribution >= 0.6 is 11.3 Å². The first kappa shape index (κ1) is 11.6. The van der Waals surface area contributed by atoms with E-state index in [-0.39, 0.29) is 0 Å². The fourth-order valence-corrected chi connectivity index (χ4v) is 2.78. The quantitative estimate of drug-likeness (QED) is 0.713. The lowest BCUT2D eigenvalue weighted by Crippen LogP contribution is -1.99. The summed E-state index contributed by atoms with van der Waals surface area (Å²) in [6.07, 6.45) is 1.62. The van der Waals surface area contributed by atoms with E-state index in [0.717, 1.165) is 16.1 Å². The van der Waals surface area contributed by atoms with Gasteiger partial charge in [-0.1, -0.05) is 16.6 Å². The van der Waals surface area contributed by atoms with Gasteiger partial charge in [0.15, 0.2) is 5.13 Å². The SMILES string of the molecule is Cc1nnn(C)c1-c1ncc2nc(N)sc2c1C#N. The third-order valence-electron chi connectivity index (χ3n) is 2.78. The molecule has 3 aromatic rings. The molecule has 0 radical (unpaired) electrons. The van der Waals surface area contributed by atoms with Crippen LogP contribution in [0.3, 0.4) is 0 Å². The van der Waals surface area contributed by atoms with Gasteiger partial charge in [0.25, 0.3) is 0 Å². The molecule has 3 heterocycles. The maximum atomic E-state index is 9.40.